The van der Waals surface area contributed by atoms with Crippen molar-refractivity contribution in [1.29, 1.82) is 0 Å². The first kappa shape index (κ1) is 16.7. The van der Waals surface area contributed by atoms with Crippen LogP contribution in [0.1, 0.15) is 10.4 Å². The van der Waals surface area contributed by atoms with Gasteiger partial charge in [-0.2, -0.15) is 0 Å². The molecule has 1 N–H and O–H groups in total. The van der Waals surface area contributed by atoms with E-state index in [1.54, 1.807) is 11.3 Å². The summed E-state index contributed by atoms with van der Waals surface area (Å²) in [6, 6.07) is 16.0. The van der Waals surface area contributed by atoms with Gasteiger partial charge in [0.25, 0.3) is 0 Å². The van der Waals surface area contributed by atoms with Crippen LogP contribution < -0.4 is 5.32 Å². The van der Waals surface area contributed by atoms with Crippen LogP contribution in [0.15, 0.2) is 59.2 Å². The van der Waals surface area contributed by atoms with Crippen LogP contribution in [-0.2, 0) is 13.1 Å². The zero-order chi connectivity index (χ0) is 17.2. The molecule has 0 aliphatic carbocycles. The lowest BCUT2D eigenvalue weighted by molar-refractivity contribution is 0.699. The van der Waals surface area contributed by atoms with Gasteiger partial charge in [-0.05, 0) is 23.8 Å². The highest BCUT2D eigenvalue weighted by Crippen LogP contribution is 2.25. The monoisotopic (exact) mass is 432 g/mol. The molecule has 2 heterocycles. The number of hydrogen-bond acceptors (Lipinski definition) is 4. The molecule has 0 saturated carbocycles. The summed E-state index contributed by atoms with van der Waals surface area (Å²) in [5.74, 6) is 0.858. The molecule has 2 aromatic carbocycles. The Kier molecular flexibility index (Phi) is 4.85. The smallest absolute Gasteiger partial charge is 0.216 e. The summed E-state index contributed by atoms with van der Waals surface area (Å²) in [7, 11) is 0. The summed E-state index contributed by atoms with van der Waals surface area (Å²) >= 11 is 11.3. The number of nitrogens with zero attached hydrogens (tertiary/aromatic N) is 3. The number of nitrogens with one attached hydrogen (secondary N) is 1. The molecular formula is C18H14BrClN4S. The Bertz CT molecular complexity index is 1010. The predicted molar refractivity (Wildman–Crippen MR) is 106 cm³/mol. The van der Waals surface area contributed by atoms with E-state index in [4.69, 9.17) is 11.6 Å². The minimum absolute atomic E-state index is 0.734. The Hall–Kier alpha value is -1.73. The number of aromatic nitrogens is 3. The maximum absolute atomic E-state index is 6.19. The number of benzene rings is 2. The minimum Gasteiger partial charge on any atom is -0.308 e. The Morgan fingerprint density at radius 2 is 1.84 bits per heavy atom. The van der Waals surface area contributed by atoms with Crippen molar-refractivity contribution in [3.63, 3.8) is 0 Å². The van der Waals surface area contributed by atoms with Crippen LogP contribution in [0.4, 0.5) is 0 Å². The van der Waals surface area contributed by atoms with Crippen LogP contribution in [0.2, 0.25) is 5.02 Å². The number of hydrogen-bond donors (Lipinski definition) is 1. The van der Waals surface area contributed by atoms with Crippen LogP contribution in [0.25, 0.3) is 16.3 Å². The lowest BCUT2D eigenvalue weighted by atomic mass is 10.2. The van der Waals surface area contributed by atoms with E-state index in [9.17, 15) is 0 Å². The predicted octanol–water partition coefficient (Wildman–Crippen LogP) is 5.16. The lowest BCUT2D eigenvalue weighted by Crippen LogP contribution is -2.12. The Labute approximate surface area is 162 Å². The van der Waals surface area contributed by atoms with Crippen molar-refractivity contribution < 1.29 is 0 Å². The van der Waals surface area contributed by atoms with E-state index in [1.807, 2.05) is 52.9 Å². The van der Waals surface area contributed by atoms with Crippen molar-refractivity contribution in [1.82, 2.24) is 19.9 Å². The average molecular weight is 434 g/mol. The summed E-state index contributed by atoms with van der Waals surface area (Å²) in [4.78, 5) is 2.10. The molecule has 2 aromatic heterocycles. The first-order valence-corrected chi connectivity index (χ1v) is 9.73. The van der Waals surface area contributed by atoms with E-state index < -0.39 is 0 Å². The number of halogens is 2. The van der Waals surface area contributed by atoms with Gasteiger partial charge in [0.15, 0.2) is 5.82 Å². The van der Waals surface area contributed by atoms with Crippen LogP contribution in [0.5, 0.6) is 0 Å². The van der Waals surface area contributed by atoms with E-state index in [0.717, 1.165) is 44.5 Å². The average Bonchev–Trinajstić information content (AvgIpc) is 3.18. The molecule has 0 bridgehead atoms. The largest absolute Gasteiger partial charge is 0.308 e. The van der Waals surface area contributed by atoms with E-state index in [0.29, 0.717) is 0 Å². The molecule has 0 spiro atoms. The molecule has 0 radical (unpaired) electrons. The normalized spacial score (nSPS) is 11.3. The molecule has 0 atom stereocenters. The third kappa shape index (κ3) is 3.62. The molecule has 0 unspecified atom stereocenters. The summed E-state index contributed by atoms with van der Waals surface area (Å²) in [6.07, 6.45) is 2.09. The van der Waals surface area contributed by atoms with E-state index in [-0.39, 0.29) is 0 Å². The van der Waals surface area contributed by atoms with Gasteiger partial charge in [0, 0.05) is 39.2 Å². The van der Waals surface area contributed by atoms with Crippen LogP contribution >= 0.6 is 38.9 Å². The molecule has 4 rings (SSSR count). The molecule has 7 heteroatoms. The van der Waals surface area contributed by atoms with Gasteiger partial charge < -0.3 is 5.32 Å². The molecule has 0 aliphatic heterocycles. The Balaban J connectivity index is 1.50. The van der Waals surface area contributed by atoms with E-state index >= 15 is 0 Å². The fourth-order valence-electron chi connectivity index (χ4n) is 2.59. The summed E-state index contributed by atoms with van der Waals surface area (Å²) in [6.45, 7) is 1.50. The molecular weight excluding hydrogens is 420 g/mol. The molecule has 0 aliphatic rings. The second kappa shape index (κ2) is 7.25. The van der Waals surface area contributed by atoms with Crippen molar-refractivity contribution >= 4 is 43.8 Å². The second-order valence-electron chi connectivity index (χ2n) is 5.58. The first-order valence-electron chi connectivity index (χ1n) is 7.74. The van der Waals surface area contributed by atoms with Crippen LogP contribution in [0, 0.1) is 0 Å². The number of thiazole rings is 1. The summed E-state index contributed by atoms with van der Waals surface area (Å²) in [5, 5.41) is 12.8. The van der Waals surface area contributed by atoms with E-state index in [2.05, 4.69) is 37.6 Å². The number of rotatable bonds is 5. The topological polar surface area (TPSA) is 42.2 Å². The third-order valence-corrected chi connectivity index (χ3v) is 5.71. The van der Waals surface area contributed by atoms with Gasteiger partial charge in [-0.15, -0.1) is 10.2 Å². The minimum atomic E-state index is 0.734. The van der Waals surface area contributed by atoms with Gasteiger partial charge in [0.2, 0.25) is 4.96 Å². The fraction of sp³-hybridized carbons (Fsp3) is 0.111. The highest BCUT2D eigenvalue weighted by molar-refractivity contribution is 9.10. The molecule has 126 valence electrons. The number of fused-ring (bicyclic) bond motifs is 1. The molecule has 4 nitrogen and oxygen atoms in total. The fourth-order valence-corrected chi connectivity index (χ4v) is 3.94. The molecule has 0 amide bonds. The summed E-state index contributed by atoms with van der Waals surface area (Å²) < 4.78 is 3.09. The highest BCUT2D eigenvalue weighted by atomic mass is 79.9. The van der Waals surface area contributed by atoms with Crippen LogP contribution in [-0.4, -0.2) is 14.6 Å². The lowest BCUT2D eigenvalue weighted by Gasteiger charge is -2.05. The zero-order valence-electron chi connectivity index (χ0n) is 13.1. The molecule has 0 fully saturated rings. The third-order valence-electron chi connectivity index (χ3n) is 3.83. The van der Waals surface area contributed by atoms with Gasteiger partial charge in [-0.1, -0.05) is 69.2 Å². The van der Waals surface area contributed by atoms with E-state index in [1.165, 1.54) is 4.88 Å². The van der Waals surface area contributed by atoms with Crippen LogP contribution in [0.3, 0.4) is 0 Å². The standard InChI is InChI=1S/C18H14BrClN4S/c19-14-7-5-12(6-8-14)17-22-23-18-24(17)11-15(25-18)10-21-9-13-3-1-2-4-16(13)20/h1-8,11,21H,9-10H2. The van der Waals surface area contributed by atoms with Gasteiger partial charge in [0.1, 0.15) is 0 Å². The van der Waals surface area contributed by atoms with Gasteiger partial charge >= 0.3 is 0 Å². The Morgan fingerprint density at radius 1 is 1.04 bits per heavy atom. The second-order valence-corrected chi connectivity index (χ2v) is 7.99. The summed E-state index contributed by atoms with van der Waals surface area (Å²) in [5.41, 5.74) is 2.15. The first-order chi connectivity index (χ1) is 12.2. The van der Waals surface area contributed by atoms with Gasteiger partial charge in [-0.25, -0.2) is 0 Å². The highest BCUT2D eigenvalue weighted by Gasteiger charge is 2.11. The zero-order valence-corrected chi connectivity index (χ0v) is 16.3. The maximum atomic E-state index is 6.19. The van der Waals surface area contributed by atoms with Gasteiger partial charge in [0.05, 0.1) is 0 Å². The van der Waals surface area contributed by atoms with Crippen molar-refractivity contribution in [3.8, 4) is 11.4 Å². The quantitative estimate of drug-likeness (QED) is 0.472. The van der Waals surface area contributed by atoms with Gasteiger partial charge in [-0.3, -0.25) is 4.40 Å². The van der Waals surface area contributed by atoms with Crippen molar-refractivity contribution in [3.05, 3.63) is 74.7 Å². The van der Waals surface area contributed by atoms with Crippen molar-refractivity contribution in [2.24, 2.45) is 0 Å². The van der Waals surface area contributed by atoms with Crippen molar-refractivity contribution in [2.45, 2.75) is 13.1 Å². The maximum Gasteiger partial charge on any atom is 0.216 e. The SMILES string of the molecule is Clc1ccccc1CNCc1cn2c(-c3ccc(Br)cc3)nnc2s1. The molecule has 0 saturated heterocycles. The molecule has 4 aromatic rings. The molecule has 25 heavy (non-hydrogen) atoms. The van der Waals surface area contributed by atoms with Crippen molar-refractivity contribution in [2.75, 3.05) is 0 Å². The Morgan fingerprint density at radius 3 is 2.64 bits per heavy atom.